The largest absolute Gasteiger partial charge is 0.469 e. The number of ketones is 1. The minimum Gasteiger partial charge on any atom is -0.469 e. The Morgan fingerprint density at radius 1 is 1.21 bits per heavy atom. The van der Waals surface area contributed by atoms with Crippen molar-refractivity contribution in [2.75, 3.05) is 7.11 Å². The molecule has 0 bridgehead atoms. The molecule has 0 N–H and O–H groups in total. The molecule has 0 heterocycles. The summed E-state index contributed by atoms with van der Waals surface area (Å²) in [5.41, 5.74) is -0.648. The quantitative estimate of drug-likeness (QED) is 0.563. The van der Waals surface area contributed by atoms with Crippen LogP contribution in [0.25, 0.3) is 0 Å². The van der Waals surface area contributed by atoms with E-state index in [1.54, 1.807) is 6.92 Å². The van der Waals surface area contributed by atoms with E-state index in [1.807, 2.05) is 26.0 Å². The highest BCUT2D eigenvalue weighted by molar-refractivity contribution is 5.88. The molecule has 0 unspecified atom stereocenters. The Bertz CT molecular complexity index is 321. The molecule has 0 saturated heterocycles. The van der Waals surface area contributed by atoms with E-state index in [2.05, 4.69) is 13.8 Å². The molecule has 0 aromatic rings. The normalized spacial score (nSPS) is 17.6. The number of ether oxygens (including phenoxy) is 1. The second kappa shape index (κ2) is 8.13. The molecular formula is C16H28O3. The van der Waals surface area contributed by atoms with Crippen LogP contribution in [-0.4, -0.2) is 18.9 Å². The molecule has 3 nitrogen and oxygen atoms in total. The molecule has 1 aliphatic carbocycles. The van der Waals surface area contributed by atoms with Crippen LogP contribution in [0.15, 0.2) is 12.2 Å². The van der Waals surface area contributed by atoms with Crippen LogP contribution >= 0.6 is 0 Å². The predicted octanol–water partition coefficient (Wildman–Crippen LogP) is 3.77. The van der Waals surface area contributed by atoms with Crippen molar-refractivity contribution >= 4 is 11.8 Å². The highest BCUT2D eigenvalue weighted by Crippen LogP contribution is 2.44. The Morgan fingerprint density at radius 2 is 1.68 bits per heavy atom. The second-order valence-electron chi connectivity index (χ2n) is 5.32. The predicted molar refractivity (Wildman–Crippen MR) is 77.8 cm³/mol. The zero-order valence-corrected chi connectivity index (χ0v) is 13.2. The van der Waals surface area contributed by atoms with Crippen LogP contribution < -0.4 is 0 Å². The zero-order chi connectivity index (χ0) is 15.1. The molecule has 19 heavy (non-hydrogen) atoms. The standard InChI is InChI=1S/C14H22O3.C2H6/c1-10(2)9-12(11(3)15)14(13(16)17-4)7-5-6-8-14;1-2/h5-6,10,12H,7-9H2,1-4H3;1-2H3/t12-;/m1./s1. The molecule has 1 atom stereocenters. The maximum absolute atomic E-state index is 12.0. The van der Waals surface area contributed by atoms with Crippen molar-refractivity contribution in [3.8, 4) is 0 Å². The van der Waals surface area contributed by atoms with Crippen LogP contribution in [-0.2, 0) is 14.3 Å². The average Bonchev–Trinajstić information content (AvgIpc) is 2.87. The molecule has 0 aromatic carbocycles. The van der Waals surface area contributed by atoms with E-state index in [0.29, 0.717) is 18.8 Å². The summed E-state index contributed by atoms with van der Waals surface area (Å²) in [7, 11) is 1.40. The summed E-state index contributed by atoms with van der Waals surface area (Å²) >= 11 is 0. The summed E-state index contributed by atoms with van der Waals surface area (Å²) in [5.74, 6) is 0.00660. The molecule has 3 heteroatoms. The Labute approximate surface area is 117 Å². The number of allylic oxidation sites excluding steroid dienone is 2. The smallest absolute Gasteiger partial charge is 0.313 e. The van der Waals surface area contributed by atoms with E-state index in [-0.39, 0.29) is 17.7 Å². The Balaban J connectivity index is 0.00000154. The summed E-state index contributed by atoms with van der Waals surface area (Å²) in [6.07, 6.45) is 5.94. The van der Waals surface area contributed by atoms with Gasteiger partial charge in [-0.3, -0.25) is 9.59 Å². The zero-order valence-electron chi connectivity index (χ0n) is 13.2. The van der Waals surface area contributed by atoms with Gasteiger partial charge < -0.3 is 4.74 Å². The Morgan fingerprint density at radius 3 is 2.00 bits per heavy atom. The number of carbonyl (C=O) groups is 2. The van der Waals surface area contributed by atoms with Gasteiger partial charge in [-0.15, -0.1) is 0 Å². The molecule has 0 amide bonds. The van der Waals surface area contributed by atoms with Crippen LogP contribution in [0.2, 0.25) is 0 Å². The lowest BCUT2D eigenvalue weighted by molar-refractivity contribution is -0.159. The number of carbonyl (C=O) groups excluding carboxylic acids is 2. The van der Waals surface area contributed by atoms with E-state index in [4.69, 9.17) is 4.74 Å². The van der Waals surface area contributed by atoms with Crippen LogP contribution in [0.3, 0.4) is 0 Å². The fourth-order valence-corrected chi connectivity index (χ4v) is 2.72. The Kier molecular flexibility index (Phi) is 7.65. The lowest BCUT2D eigenvalue weighted by atomic mass is 9.68. The summed E-state index contributed by atoms with van der Waals surface area (Å²) in [6.45, 7) is 9.72. The molecule has 1 rings (SSSR count). The lowest BCUT2D eigenvalue weighted by Crippen LogP contribution is -2.41. The summed E-state index contributed by atoms with van der Waals surface area (Å²) in [5, 5.41) is 0. The van der Waals surface area contributed by atoms with Gasteiger partial charge in [0.2, 0.25) is 0 Å². The highest BCUT2D eigenvalue weighted by Gasteiger charge is 2.48. The highest BCUT2D eigenvalue weighted by atomic mass is 16.5. The van der Waals surface area contributed by atoms with Crippen molar-refractivity contribution in [3.05, 3.63) is 12.2 Å². The molecular weight excluding hydrogens is 240 g/mol. The number of hydrogen-bond acceptors (Lipinski definition) is 3. The van der Waals surface area contributed by atoms with Crippen molar-refractivity contribution in [3.63, 3.8) is 0 Å². The molecule has 0 aromatic heterocycles. The van der Waals surface area contributed by atoms with Crippen LogP contribution in [0.5, 0.6) is 0 Å². The summed E-state index contributed by atoms with van der Waals surface area (Å²) in [4.78, 5) is 23.9. The maximum Gasteiger partial charge on any atom is 0.313 e. The topological polar surface area (TPSA) is 43.4 Å². The van der Waals surface area contributed by atoms with E-state index in [1.165, 1.54) is 7.11 Å². The fourth-order valence-electron chi connectivity index (χ4n) is 2.72. The van der Waals surface area contributed by atoms with E-state index in [0.717, 1.165) is 6.42 Å². The van der Waals surface area contributed by atoms with Gasteiger partial charge in [0.1, 0.15) is 5.78 Å². The van der Waals surface area contributed by atoms with Crippen LogP contribution in [0.1, 0.15) is 53.9 Å². The number of rotatable bonds is 5. The Hall–Kier alpha value is -1.12. The lowest BCUT2D eigenvalue weighted by Gasteiger charge is -2.34. The molecule has 0 radical (unpaired) electrons. The van der Waals surface area contributed by atoms with E-state index >= 15 is 0 Å². The first-order chi connectivity index (χ1) is 8.94. The van der Waals surface area contributed by atoms with Crippen molar-refractivity contribution in [1.82, 2.24) is 0 Å². The molecule has 0 spiro atoms. The minimum absolute atomic E-state index is 0.0906. The first-order valence-electron chi connectivity index (χ1n) is 7.18. The number of Topliss-reactive ketones (excluding diaryl/α,β-unsaturated/α-hetero) is 1. The van der Waals surface area contributed by atoms with E-state index < -0.39 is 5.41 Å². The molecule has 110 valence electrons. The fraction of sp³-hybridized carbons (Fsp3) is 0.750. The number of hydrogen-bond donors (Lipinski definition) is 0. The molecule has 1 aliphatic rings. The van der Waals surface area contributed by atoms with E-state index in [9.17, 15) is 9.59 Å². The molecule has 0 aliphatic heterocycles. The second-order valence-corrected chi connectivity index (χ2v) is 5.32. The monoisotopic (exact) mass is 268 g/mol. The molecule has 0 saturated carbocycles. The van der Waals surface area contributed by atoms with Crippen LogP contribution in [0.4, 0.5) is 0 Å². The van der Waals surface area contributed by atoms with Gasteiger partial charge in [-0.2, -0.15) is 0 Å². The van der Waals surface area contributed by atoms with Crippen molar-refractivity contribution < 1.29 is 14.3 Å². The average molecular weight is 268 g/mol. The van der Waals surface area contributed by atoms with Gasteiger partial charge in [-0.25, -0.2) is 0 Å². The van der Waals surface area contributed by atoms with Gasteiger partial charge in [-0.05, 0) is 32.1 Å². The van der Waals surface area contributed by atoms with Gasteiger partial charge in [0.05, 0.1) is 12.5 Å². The van der Waals surface area contributed by atoms with Gasteiger partial charge in [0, 0.05) is 5.92 Å². The molecule has 0 fully saturated rings. The van der Waals surface area contributed by atoms with Gasteiger partial charge in [-0.1, -0.05) is 39.8 Å². The van der Waals surface area contributed by atoms with Gasteiger partial charge >= 0.3 is 5.97 Å². The first kappa shape index (κ1) is 17.9. The van der Waals surface area contributed by atoms with Crippen molar-refractivity contribution in [2.24, 2.45) is 17.3 Å². The third-order valence-electron chi connectivity index (χ3n) is 3.59. The van der Waals surface area contributed by atoms with Gasteiger partial charge in [0.25, 0.3) is 0 Å². The van der Waals surface area contributed by atoms with Gasteiger partial charge in [0.15, 0.2) is 0 Å². The third-order valence-corrected chi connectivity index (χ3v) is 3.59. The van der Waals surface area contributed by atoms with Crippen LogP contribution in [0, 0.1) is 17.3 Å². The maximum atomic E-state index is 12.0. The first-order valence-corrected chi connectivity index (χ1v) is 7.18. The minimum atomic E-state index is -0.648. The number of esters is 1. The summed E-state index contributed by atoms with van der Waals surface area (Å²) < 4.78 is 4.92. The SMILES string of the molecule is CC.COC(=O)C1([C@H](CC(C)C)C(C)=O)CC=CC1. The third kappa shape index (κ3) is 4.19. The number of methoxy groups -OCH3 is 1. The summed E-state index contributed by atoms with van der Waals surface area (Å²) in [6, 6.07) is 0. The van der Waals surface area contributed by atoms with Crippen molar-refractivity contribution in [1.29, 1.82) is 0 Å². The van der Waals surface area contributed by atoms with Crippen molar-refractivity contribution in [2.45, 2.75) is 53.9 Å².